The maximum Gasteiger partial charge on any atom is 0.221 e. The Bertz CT molecular complexity index is 1310. The molecule has 0 aliphatic rings. The van der Waals surface area contributed by atoms with Crippen LogP contribution in [0.15, 0.2) is 97.3 Å². The van der Waals surface area contributed by atoms with E-state index in [1.807, 2.05) is 24.3 Å². The third-order valence-electron chi connectivity index (χ3n) is 5.25. The van der Waals surface area contributed by atoms with Gasteiger partial charge in [0.05, 0.1) is 11.4 Å². The molecule has 0 unspecified atom stereocenters. The first kappa shape index (κ1) is 18.0. The molecule has 0 saturated carbocycles. The summed E-state index contributed by atoms with van der Waals surface area (Å²) in [6.07, 6.45) is 4.26. The first-order chi connectivity index (χ1) is 14.8. The smallest absolute Gasteiger partial charge is 0.221 e. The normalized spacial score (nSPS) is 10.9. The van der Waals surface area contributed by atoms with Crippen molar-refractivity contribution in [3.8, 4) is 22.5 Å². The second-order valence-electron chi connectivity index (χ2n) is 7.18. The van der Waals surface area contributed by atoms with Crippen molar-refractivity contribution >= 4 is 16.7 Å². The van der Waals surface area contributed by atoms with Crippen LogP contribution in [0.2, 0.25) is 0 Å². The van der Waals surface area contributed by atoms with Crippen molar-refractivity contribution < 1.29 is 0 Å². The van der Waals surface area contributed by atoms with E-state index in [9.17, 15) is 0 Å². The number of rotatable bonds is 4. The molecule has 0 aliphatic carbocycles. The minimum absolute atomic E-state index is 0.265. The first-order valence-electron chi connectivity index (χ1n) is 9.88. The third kappa shape index (κ3) is 3.40. The van der Waals surface area contributed by atoms with Crippen molar-refractivity contribution in [2.45, 2.75) is 6.42 Å². The van der Waals surface area contributed by atoms with Crippen molar-refractivity contribution in [2.24, 2.45) is 0 Å². The van der Waals surface area contributed by atoms with Gasteiger partial charge in [-0.3, -0.25) is 4.98 Å². The van der Waals surface area contributed by atoms with Gasteiger partial charge in [-0.25, -0.2) is 9.97 Å². The molecule has 0 atom stereocenters. The van der Waals surface area contributed by atoms with Crippen molar-refractivity contribution in [1.82, 2.24) is 15.0 Å². The topological polar surface area (TPSA) is 64.7 Å². The fourth-order valence-corrected chi connectivity index (χ4v) is 3.87. The monoisotopic (exact) mass is 388 g/mol. The molecule has 2 aromatic heterocycles. The molecule has 0 spiro atoms. The highest BCUT2D eigenvalue weighted by Crippen LogP contribution is 2.35. The summed E-state index contributed by atoms with van der Waals surface area (Å²) in [4.78, 5) is 13.5. The van der Waals surface area contributed by atoms with Gasteiger partial charge in [0.1, 0.15) is 0 Å². The second kappa shape index (κ2) is 7.76. The van der Waals surface area contributed by atoms with Crippen LogP contribution in [0.1, 0.15) is 11.1 Å². The summed E-state index contributed by atoms with van der Waals surface area (Å²) in [7, 11) is 0. The van der Waals surface area contributed by atoms with E-state index in [2.05, 4.69) is 70.6 Å². The minimum atomic E-state index is 0.265. The minimum Gasteiger partial charge on any atom is -0.368 e. The Kier molecular flexibility index (Phi) is 4.66. The Morgan fingerprint density at radius 2 is 1.37 bits per heavy atom. The van der Waals surface area contributed by atoms with E-state index >= 15 is 0 Å². The van der Waals surface area contributed by atoms with Gasteiger partial charge in [-0.05, 0) is 28.5 Å². The number of nitrogen functional groups attached to an aromatic ring is 1. The second-order valence-corrected chi connectivity index (χ2v) is 7.18. The molecule has 0 amide bonds. The molecule has 0 bridgehead atoms. The lowest BCUT2D eigenvalue weighted by molar-refractivity contribution is 1.09. The molecule has 2 heterocycles. The van der Waals surface area contributed by atoms with Crippen molar-refractivity contribution in [2.75, 3.05) is 5.73 Å². The molecule has 5 aromatic rings. The molecule has 0 saturated heterocycles. The van der Waals surface area contributed by atoms with Crippen molar-refractivity contribution in [1.29, 1.82) is 0 Å². The van der Waals surface area contributed by atoms with Crippen LogP contribution in [0.4, 0.5) is 5.95 Å². The van der Waals surface area contributed by atoms with Gasteiger partial charge in [0.15, 0.2) is 0 Å². The van der Waals surface area contributed by atoms with E-state index in [1.165, 1.54) is 10.9 Å². The standard InChI is InChI=1S/C26H20N4/c27-26-29-24(20-13-15-28-16-14-20)23(17-18-7-2-1-3-8-18)25(30-26)22-12-6-10-19-9-4-5-11-21(19)22/h1-16H,17H2,(H2,27,29,30). The number of anilines is 1. The summed E-state index contributed by atoms with van der Waals surface area (Å²) < 4.78 is 0. The van der Waals surface area contributed by atoms with Gasteiger partial charge in [0.2, 0.25) is 5.95 Å². The van der Waals surface area contributed by atoms with E-state index < -0.39 is 0 Å². The average Bonchev–Trinajstić information content (AvgIpc) is 2.81. The van der Waals surface area contributed by atoms with Gasteiger partial charge in [-0.2, -0.15) is 0 Å². The van der Waals surface area contributed by atoms with Crippen LogP contribution in [0, 0.1) is 0 Å². The summed E-state index contributed by atoms with van der Waals surface area (Å²) in [5.41, 5.74) is 12.2. The van der Waals surface area contributed by atoms with E-state index in [1.54, 1.807) is 12.4 Å². The summed E-state index contributed by atoms with van der Waals surface area (Å²) in [6.45, 7) is 0. The van der Waals surface area contributed by atoms with Gasteiger partial charge in [0, 0.05) is 35.5 Å². The number of fused-ring (bicyclic) bond motifs is 1. The Morgan fingerprint density at radius 3 is 2.20 bits per heavy atom. The Morgan fingerprint density at radius 1 is 0.667 bits per heavy atom. The highest BCUT2D eigenvalue weighted by molar-refractivity contribution is 5.97. The number of nitrogens with two attached hydrogens (primary N) is 1. The number of benzene rings is 3. The van der Waals surface area contributed by atoms with Gasteiger partial charge in [-0.1, -0.05) is 72.8 Å². The molecule has 4 heteroatoms. The average molecular weight is 388 g/mol. The zero-order valence-corrected chi connectivity index (χ0v) is 16.4. The molecule has 144 valence electrons. The lowest BCUT2D eigenvalue weighted by Crippen LogP contribution is -2.06. The molecule has 2 N–H and O–H groups in total. The highest BCUT2D eigenvalue weighted by Gasteiger charge is 2.18. The Balaban J connectivity index is 1.81. The van der Waals surface area contributed by atoms with Crippen LogP contribution in [-0.2, 0) is 6.42 Å². The summed E-state index contributed by atoms with van der Waals surface area (Å²) in [5.74, 6) is 0.265. The molecular weight excluding hydrogens is 368 g/mol. The van der Waals surface area contributed by atoms with E-state index in [-0.39, 0.29) is 5.95 Å². The highest BCUT2D eigenvalue weighted by atomic mass is 15.0. The molecule has 0 radical (unpaired) electrons. The summed E-state index contributed by atoms with van der Waals surface area (Å²) in [6, 6.07) is 28.9. The fraction of sp³-hybridized carbons (Fsp3) is 0.0385. The molecule has 30 heavy (non-hydrogen) atoms. The molecule has 0 fully saturated rings. The van der Waals surface area contributed by atoms with Gasteiger partial charge in [-0.15, -0.1) is 0 Å². The summed E-state index contributed by atoms with van der Waals surface area (Å²) in [5, 5.41) is 2.32. The van der Waals surface area contributed by atoms with E-state index in [0.29, 0.717) is 6.42 Å². The van der Waals surface area contributed by atoms with Gasteiger partial charge in [0.25, 0.3) is 0 Å². The molecule has 5 rings (SSSR count). The number of hydrogen-bond donors (Lipinski definition) is 1. The van der Waals surface area contributed by atoms with Crippen LogP contribution < -0.4 is 5.73 Å². The quantitative estimate of drug-likeness (QED) is 0.439. The van der Waals surface area contributed by atoms with E-state index in [0.717, 1.165) is 33.5 Å². The zero-order chi connectivity index (χ0) is 20.3. The predicted molar refractivity (Wildman–Crippen MR) is 122 cm³/mol. The number of aromatic nitrogens is 3. The Hall–Kier alpha value is -4.05. The van der Waals surface area contributed by atoms with Crippen LogP contribution in [0.25, 0.3) is 33.3 Å². The van der Waals surface area contributed by atoms with Crippen LogP contribution >= 0.6 is 0 Å². The van der Waals surface area contributed by atoms with Crippen molar-refractivity contribution in [3.05, 3.63) is 108 Å². The van der Waals surface area contributed by atoms with Crippen LogP contribution in [0.5, 0.6) is 0 Å². The fourth-order valence-electron chi connectivity index (χ4n) is 3.87. The number of pyridine rings is 1. The predicted octanol–water partition coefficient (Wildman–Crippen LogP) is 5.53. The van der Waals surface area contributed by atoms with Crippen molar-refractivity contribution in [3.63, 3.8) is 0 Å². The first-order valence-corrected chi connectivity index (χ1v) is 9.88. The van der Waals surface area contributed by atoms with Gasteiger partial charge >= 0.3 is 0 Å². The SMILES string of the molecule is Nc1nc(-c2ccncc2)c(Cc2ccccc2)c(-c2cccc3ccccc23)n1. The number of hydrogen-bond acceptors (Lipinski definition) is 4. The maximum atomic E-state index is 6.20. The number of nitrogens with zero attached hydrogens (tertiary/aromatic N) is 3. The maximum absolute atomic E-state index is 6.20. The molecule has 3 aromatic carbocycles. The molecular formula is C26H20N4. The van der Waals surface area contributed by atoms with Crippen LogP contribution in [-0.4, -0.2) is 15.0 Å². The molecule has 0 aliphatic heterocycles. The molecule has 4 nitrogen and oxygen atoms in total. The van der Waals surface area contributed by atoms with E-state index in [4.69, 9.17) is 10.7 Å². The largest absolute Gasteiger partial charge is 0.368 e. The lowest BCUT2D eigenvalue weighted by Gasteiger charge is -2.16. The summed E-state index contributed by atoms with van der Waals surface area (Å²) >= 11 is 0. The van der Waals surface area contributed by atoms with Crippen LogP contribution in [0.3, 0.4) is 0 Å². The lowest BCUT2D eigenvalue weighted by atomic mass is 9.93. The third-order valence-corrected chi connectivity index (χ3v) is 5.25. The zero-order valence-electron chi connectivity index (χ0n) is 16.4. The van der Waals surface area contributed by atoms with Gasteiger partial charge < -0.3 is 5.73 Å². The Labute approximate surface area is 175 Å².